The topological polar surface area (TPSA) is 56.8 Å². The molecule has 2 aromatic carbocycles. The molecule has 0 radical (unpaired) electrons. The number of carbonyl (C=O) groups excluding carboxylic acids is 1. The zero-order chi connectivity index (χ0) is 16.7. The Morgan fingerprint density at radius 2 is 1.57 bits per heavy atom. The molecule has 0 atom stereocenters. The van der Waals surface area contributed by atoms with Crippen molar-refractivity contribution in [2.24, 2.45) is 0 Å². The summed E-state index contributed by atoms with van der Waals surface area (Å²) in [6.07, 6.45) is 3.19. The lowest BCUT2D eigenvalue weighted by Gasteiger charge is -2.15. The van der Waals surface area contributed by atoms with Gasteiger partial charge in [-0.05, 0) is 11.6 Å². The van der Waals surface area contributed by atoms with Gasteiger partial charge in [0.1, 0.15) is 22.9 Å². The Morgan fingerprint density at radius 3 is 2.09 bits per heavy atom. The summed E-state index contributed by atoms with van der Waals surface area (Å²) in [6, 6.07) is 12.9. The molecule has 0 fully saturated rings. The van der Waals surface area contributed by atoms with E-state index in [9.17, 15) is 4.79 Å². The number of hydrogen-bond acceptors (Lipinski definition) is 4. The molecule has 0 unspecified atom stereocenters. The molecule has 5 nitrogen and oxygen atoms in total. The molecule has 2 aromatic rings. The van der Waals surface area contributed by atoms with Crippen molar-refractivity contribution in [3.05, 3.63) is 54.1 Å². The molecule has 120 valence electrons. The van der Waals surface area contributed by atoms with E-state index >= 15 is 0 Å². The Hall–Kier alpha value is -2.95. The molecule has 0 aliphatic carbocycles. The fourth-order valence-electron chi connectivity index (χ4n) is 2.03. The van der Waals surface area contributed by atoms with Crippen LogP contribution in [0.15, 0.2) is 48.5 Å². The van der Waals surface area contributed by atoms with Crippen molar-refractivity contribution in [3.63, 3.8) is 0 Å². The molecule has 1 N–H and O–H groups in total. The summed E-state index contributed by atoms with van der Waals surface area (Å²) in [7, 11) is 4.59. The largest absolute Gasteiger partial charge is 0.496 e. The van der Waals surface area contributed by atoms with Crippen molar-refractivity contribution >= 4 is 17.7 Å². The summed E-state index contributed by atoms with van der Waals surface area (Å²) in [4.78, 5) is 12.1. The zero-order valence-corrected chi connectivity index (χ0v) is 13.3. The standard InChI is InChI=1S/C18H19NO4/c1-21-14-11-15(22-2)18(16(12-14)23-3)19-17(20)10-9-13-7-5-4-6-8-13/h4-12H,1-3H3,(H,19,20)/b10-9+. The lowest BCUT2D eigenvalue weighted by atomic mass is 10.2. The third-order valence-corrected chi connectivity index (χ3v) is 3.19. The molecular formula is C18H19NO4. The maximum absolute atomic E-state index is 12.1. The smallest absolute Gasteiger partial charge is 0.248 e. The van der Waals surface area contributed by atoms with Crippen LogP contribution in [0.4, 0.5) is 5.69 Å². The van der Waals surface area contributed by atoms with Crippen molar-refractivity contribution in [1.29, 1.82) is 0 Å². The minimum absolute atomic E-state index is 0.282. The van der Waals surface area contributed by atoms with Crippen LogP contribution in [0.25, 0.3) is 6.08 Å². The first-order chi connectivity index (χ1) is 11.2. The molecule has 0 saturated heterocycles. The van der Waals surface area contributed by atoms with Gasteiger partial charge in [-0.15, -0.1) is 0 Å². The van der Waals surface area contributed by atoms with E-state index in [-0.39, 0.29) is 5.91 Å². The molecule has 0 aliphatic heterocycles. The van der Waals surface area contributed by atoms with Gasteiger partial charge in [0.05, 0.1) is 21.3 Å². The number of anilines is 1. The highest BCUT2D eigenvalue weighted by Crippen LogP contribution is 2.38. The highest BCUT2D eigenvalue weighted by atomic mass is 16.5. The Labute approximate surface area is 135 Å². The lowest BCUT2D eigenvalue weighted by Crippen LogP contribution is -2.10. The molecule has 0 aliphatic rings. The summed E-state index contributed by atoms with van der Waals surface area (Å²) >= 11 is 0. The fraction of sp³-hybridized carbons (Fsp3) is 0.167. The van der Waals surface area contributed by atoms with Gasteiger partial charge in [-0.1, -0.05) is 30.3 Å². The second-order valence-corrected chi connectivity index (χ2v) is 4.64. The average molecular weight is 313 g/mol. The average Bonchev–Trinajstić information content (AvgIpc) is 2.60. The number of benzene rings is 2. The van der Waals surface area contributed by atoms with Crippen molar-refractivity contribution in [1.82, 2.24) is 0 Å². The van der Waals surface area contributed by atoms with Crippen LogP contribution < -0.4 is 19.5 Å². The van der Waals surface area contributed by atoms with E-state index in [2.05, 4.69) is 5.32 Å². The Morgan fingerprint density at radius 1 is 0.957 bits per heavy atom. The van der Waals surface area contributed by atoms with Crippen LogP contribution in [-0.4, -0.2) is 27.2 Å². The lowest BCUT2D eigenvalue weighted by molar-refractivity contribution is -0.111. The molecule has 0 bridgehead atoms. The summed E-state index contributed by atoms with van der Waals surface area (Å²) < 4.78 is 15.8. The quantitative estimate of drug-likeness (QED) is 0.831. The number of hydrogen-bond donors (Lipinski definition) is 1. The Kier molecular flexibility index (Phi) is 5.63. The van der Waals surface area contributed by atoms with E-state index in [0.717, 1.165) is 5.56 Å². The van der Waals surface area contributed by atoms with Crippen LogP contribution in [-0.2, 0) is 4.79 Å². The van der Waals surface area contributed by atoms with Gasteiger partial charge < -0.3 is 19.5 Å². The number of nitrogens with one attached hydrogen (secondary N) is 1. The zero-order valence-electron chi connectivity index (χ0n) is 13.3. The van der Waals surface area contributed by atoms with Crippen molar-refractivity contribution in [2.75, 3.05) is 26.6 Å². The summed E-state index contributed by atoms with van der Waals surface area (Å²) in [5.74, 6) is 1.22. The third-order valence-electron chi connectivity index (χ3n) is 3.19. The second-order valence-electron chi connectivity index (χ2n) is 4.64. The normalized spacial score (nSPS) is 10.4. The summed E-state index contributed by atoms with van der Waals surface area (Å²) in [6.45, 7) is 0. The van der Waals surface area contributed by atoms with Crippen LogP contribution in [0.2, 0.25) is 0 Å². The number of amides is 1. The van der Waals surface area contributed by atoms with Gasteiger partial charge in [-0.25, -0.2) is 0 Å². The first kappa shape index (κ1) is 16.4. The number of carbonyl (C=O) groups is 1. The van der Waals surface area contributed by atoms with Crippen LogP contribution in [0.1, 0.15) is 5.56 Å². The molecular weight excluding hydrogens is 294 g/mol. The van der Waals surface area contributed by atoms with E-state index < -0.39 is 0 Å². The first-order valence-electron chi connectivity index (χ1n) is 7.02. The molecule has 1 amide bonds. The van der Waals surface area contributed by atoms with Gasteiger partial charge >= 0.3 is 0 Å². The predicted octanol–water partition coefficient (Wildman–Crippen LogP) is 3.36. The molecule has 5 heteroatoms. The molecule has 0 aromatic heterocycles. The Balaban J connectivity index is 2.21. The summed E-state index contributed by atoms with van der Waals surface area (Å²) in [5.41, 5.74) is 1.40. The SMILES string of the molecule is COc1cc(OC)c(NC(=O)/C=C/c2ccccc2)c(OC)c1. The van der Waals surface area contributed by atoms with E-state index in [1.165, 1.54) is 20.3 Å². The monoisotopic (exact) mass is 313 g/mol. The first-order valence-corrected chi connectivity index (χ1v) is 7.02. The molecule has 0 heterocycles. The second kappa shape index (κ2) is 7.89. The van der Waals surface area contributed by atoms with Gasteiger partial charge in [0.25, 0.3) is 0 Å². The van der Waals surface area contributed by atoms with E-state index in [4.69, 9.17) is 14.2 Å². The van der Waals surface area contributed by atoms with Gasteiger partial charge in [0.2, 0.25) is 5.91 Å². The van der Waals surface area contributed by atoms with E-state index in [1.54, 1.807) is 25.3 Å². The van der Waals surface area contributed by atoms with E-state index in [1.807, 2.05) is 30.3 Å². The minimum atomic E-state index is -0.282. The fourth-order valence-corrected chi connectivity index (χ4v) is 2.03. The number of ether oxygens (including phenoxy) is 3. The number of rotatable bonds is 6. The van der Waals surface area contributed by atoms with Gasteiger partial charge in [-0.3, -0.25) is 4.79 Å². The van der Waals surface area contributed by atoms with Gasteiger partial charge in [0, 0.05) is 18.2 Å². The van der Waals surface area contributed by atoms with Crippen molar-refractivity contribution in [2.45, 2.75) is 0 Å². The van der Waals surface area contributed by atoms with Crippen LogP contribution in [0.3, 0.4) is 0 Å². The predicted molar refractivity (Wildman–Crippen MR) is 90.2 cm³/mol. The van der Waals surface area contributed by atoms with Crippen molar-refractivity contribution < 1.29 is 19.0 Å². The molecule has 23 heavy (non-hydrogen) atoms. The Bertz CT molecular complexity index is 670. The molecule has 2 rings (SSSR count). The summed E-state index contributed by atoms with van der Waals surface area (Å²) in [5, 5.41) is 2.77. The molecule has 0 saturated carbocycles. The highest BCUT2D eigenvalue weighted by molar-refractivity contribution is 6.03. The maximum Gasteiger partial charge on any atom is 0.248 e. The van der Waals surface area contributed by atoms with Gasteiger partial charge in [-0.2, -0.15) is 0 Å². The van der Waals surface area contributed by atoms with Crippen LogP contribution in [0.5, 0.6) is 17.2 Å². The van der Waals surface area contributed by atoms with Gasteiger partial charge in [0.15, 0.2) is 0 Å². The third kappa shape index (κ3) is 4.26. The van der Waals surface area contributed by atoms with Crippen LogP contribution in [0, 0.1) is 0 Å². The number of methoxy groups -OCH3 is 3. The van der Waals surface area contributed by atoms with E-state index in [0.29, 0.717) is 22.9 Å². The van der Waals surface area contributed by atoms with Crippen LogP contribution >= 0.6 is 0 Å². The minimum Gasteiger partial charge on any atom is -0.496 e. The maximum atomic E-state index is 12.1. The highest BCUT2D eigenvalue weighted by Gasteiger charge is 2.14. The van der Waals surface area contributed by atoms with Crippen molar-refractivity contribution in [3.8, 4) is 17.2 Å². The molecule has 0 spiro atoms.